The Kier molecular flexibility index (Phi) is 7.49. The molecule has 0 saturated carbocycles. The highest BCUT2D eigenvalue weighted by Crippen LogP contribution is 2.18. The number of pyridine rings is 1. The third kappa shape index (κ3) is 5.92. The first-order chi connectivity index (χ1) is 11.2. The minimum atomic E-state index is 0.228. The summed E-state index contributed by atoms with van der Waals surface area (Å²) in [5, 5.41) is 0. The molecule has 1 saturated heterocycles. The van der Waals surface area contributed by atoms with Crippen LogP contribution in [0, 0.1) is 0 Å². The zero-order valence-corrected chi connectivity index (χ0v) is 14.4. The zero-order valence-electron chi connectivity index (χ0n) is 14.4. The predicted octanol–water partition coefficient (Wildman–Crippen LogP) is 2.32. The first-order valence-electron chi connectivity index (χ1n) is 8.66. The number of hydrogen-bond donors (Lipinski definition) is 0. The molecule has 1 aliphatic heterocycles. The fourth-order valence-corrected chi connectivity index (χ4v) is 3.11. The van der Waals surface area contributed by atoms with Crippen molar-refractivity contribution in [3.8, 4) is 0 Å². The van der Waals surface area contributed by atoms with Crippen LogP contribution >= 0.6 is 0 Å². The van der Waals surface area contributed by atoms with Gasteiger partial charge in [-0.2, -0.15) is 0 Å². The van der Waals surface area contributed by atoms with E-state index in [1.54, 1.807) is 0 Å². The van der Waals surface area contributed by atoms with Crippen molar-refractivity contribution in [1.29, 1.82) is 0 Å². The maximum atomic E-state index is 12.2. The summed E-state index contributed by atoms with van der Waals surface area (Å²) in [5.41, 5.74) is 1.10. The Morgan fingerprint density at radius 3 is 3.00 bits per heavy atom. The second-order valence-electron chi connectivity index (χ2n) is 6.15. The van der Waals surface area contributed by atoms with Crippen LogP contribution in [-0.2, 0) is 16.1 Å². The maximum Gasteiger partial charge on any atom is 0.224 e. The van der Waals surface area contributed by atoms with Gasteiger partial charge < -0.3 is 9.64 Å². The van der Waals surface area contributed by atoms with Crippen molar-refractivity contribution in [2.75, 3.05) is 33.4 Å². The van der Waals surface area contributed by atoms with Crippen LogP contribution in [-0.4, -0.2) is 60.1 Å². The van der Waals surface area contributed by atoms with Crippen LogP contribution in [0.2, 0.25) is 0 Å². The molecule has 128 valence electrons. The third-order valence-corrected chi connectivity index (χ3v) is 4.48. The Bertz CT molecular complexity index is 467. The Labute approximate surface area is 139 Å². The lowest BCUT2D eigenvalue weighted by Crippen LogP contribution is -2.35. The number of carbonyl (C=O) groups is 1. The molecule has 1 aromatic heterocycles. The van der Waals surface area contributed by atoms with Gasteiger partial charge in [-0.1, -0.05) is 6.07 Å². The molecule has 0 bridgehead atoms. The Morgan fingerprint density at radius 1 is 1.39 bits per heavy atom. The van der Waals surface area contributed by atoms with Gasteiger partial charge in [-0.3, -0.25) is 14.7 Å². The van der Waals surface area contributed by atoms with Crippen molar-refractivity contribution in [1.82, 2.24) is 14.8 Å². The Morgan fingerprint density at radius 2 is 2.26 bits per heavy atom. The number of likely N-dealkylation sites (tertiary alicyclic amines) is 1. The lowest BCUT2D eigenvalue weighted by molar-refractivity contribution is -0.132. The summed E-state index contributed by atoms with van der Waals surface area (Å²) in [6, 6.07) is 6.56. The molecule has 1 atom stereocenters. The highest BCUT2D eigenvalue weighted by molar-refractivity contribution is 5.76. The van der Waals surface area contributed by atoms with E-state index in [4.69, 9.17) is 4.74 Å². The minimum Gasteiger partial charge on any atom is -0.381 e. The molecule has 1 unspecified atom stereocenters. The average molecular weight is 319 g/mol. The van der Waals surface area contributed by atoms with Crippen molar-refractivity contribution in [3.63, 3.8) is 0 Å². The molecule has 1 aromatic rings. The quantitative estimate of drug-likeness (QED) is 0.724. The van der Waals surface area contributed by atoms with E-state index >= 15 is 0 Å². The SMILES string of the molecule is CCOCCC(=O)N1CCCC(N(C)Cc2ccccn2)CC1. The van der Waals surface area contributed by atoms with Crippen molar-refractivity contribution in [2.24, 2.45) is 0 Å². The van der Waals surface area contributed by atoms with E-state index in [0.29, 0.717) is 25.7 Å². The van der Waals surface area contributed by atoms with E-state index in [9.17, 15) is 4.79 Å². The maximum absolute atomic E-state index is 12.2. The summed E-state index contributed by atoms with van der Waals surface area (Å²) in [6.07, 6.45) is 5.58. The van der Waals surface area contributed by atoms with Crippen LogP contribution < -0.4 is 0 Å². The topological polar surface area (TPSA) is 45.7 Å². The van der Waals surface area contributed by atoms with E-state index in [1.165, 1.54) is 0 Å². The summed E-state index contributed by atoms with van der Waals surface area (Å²) < 4.78 is 5.29. The standard InChI is InChI=1S/C18H29N3O2/c1-3-23-14-10-18(22)21-12-6-8-17(9-13-21)20(2)15-16-7-4-5-11-19-16/h4-5,7,11,17H,3,6,8-10,12-15H2,1-2H3. The molecule has 0 aromatic carbocycles. The highest BCUT2D eigenvalue weighted by atomic mass is 16.5. The molecule has 1 aliphatic rings. The molecule has 2 rings (SSSR count). The summed E-state index contributed by atoms with van der Waals surface area (Å²) in [4.78, 5) is 21.0. The van der Waals surface area contributed by atoms with Gasteiger partial charge >= 0.3 is 0 Å². The van der Waals surface area contributed by atoms with E-state index in [-0.39, 0.29) is 5.91 Å². The second-order valence-corrected chi connectivity index (χ2v) is 6.15. The number of rotatable bonds is 7. The smallest absolute Gasteiger partial charge is 0.224 e. The molecule has 1 amide bonds. The van der Waals surface area contributed by atoms with Crippen LogP contribution in [0.15, 0.2) is 24.4 Å². The molecule has 0 N–H and O–H groups in total. The van der Waals surface area contributed by atoms with Gasteiger partial charge in [-0.25, -0.2) is 0 Å². The Hall–Kier alpha value is -1.46. The second kappa shape index (κ2) is 9.63. The molecule has 2 heterocycles. The van der Waals surface area contributed by atoms with Gasteiger partial charge in [0.25, 0.3) is 0 Å². The van der Waals surface area contributed by atoms with Crippen molar-refractivity contribution < 1.29 is 9.53 Å². The Balaban J connectivity index is 1.79. The molecule has 0 aliphatic carbocycles. The number of carbonyl (C=O) groups excluding carboxylic acids is 1. The fraction of sp³-hybridized carbons (Fsp3) is 0.667. The summed E-state index contributed by atoms with van der Waals surface area (Å²) >= 11 is 0. The van der Waals surface area contributed by atoms with Gasteiger partial charge in [-0.05, 0) is 45.4 Å². The molecular weight excluding hydrogens is 290 g/mol. The molecule has 5 heteroatoms. The van der Waals surface area contributed by atoms with Gasteiger partial charge in [0.05, 0.1) is 18.7 Å². The number of hydrogen-bond acceptors (Lipinski definition) is 4. The van der Waals surface area contributed by atoms with E-state index in [2.05, 4.69) is 23.0 Å². The third-order valence-electron chi connectivity index (χ3n) is 4.48. The summed E-state index contributed by atoms with van der Waals surface area (Å²) in [5.74, 6) is 0.228. The van der Waals surface area contributed by atoms with Gasteiger partial charge in [0.2, 0.25) is 5.91 Å². The van der Waals surface area contributed by atoms with E-state index in [0.717, 1.165) is 44.6 Å². The first-order valence-corrected chi connectivity index (χ1v) is 8.66. The predicted molar refractivity (Wildman–Crippen MR) is 91.0 cm³/mol. The average Bonchev–Trinajstić information content (AvgIpc) is 2.82. The number of ether oxygens (including phenoxy) is 1. The van der Waals surface area contributed by atoms with Crippen molar-refractivity contribution in [3.05, 3.63) is 30.1 Å². The number of amides is 1. The summed E-state index contributed by atoms with van der Waals surface area (Å²) in [7, 11) is 2.16. The van der Waals surface area contributed by atoms with Crippen molar-refractivity contribution in [2.45, 2.75) is 45.2 Å². The lowest BCUT2D eigenvalue weighted by atomic mass is 10.1. The monoisotopic (exact) mass is 319 g/mol. The van der Waals surface area contributed by atoms with Crippen LogP contribution in [0.3, 0.4) is 0 Å². The molecule has 5 nitrogen and oxygen atoms in total. The molecule has 1 fully saturated rings. The van der Waals surface area contributed by atoms with Crippen LogP contribution in [0.25, 0.3) is 0 Å². The molecule has 0 spiro atoms. The minimum absolute atomic E-state index is 0.228. The zero-order chi connectivity index (χ0) is 16.5. The lowest BCUT2D eigenvalue weighted by Gasteiger charge is -2.27. The van der Waals surface area contributed by atoms with Crippen LogP contribution in [0.1, 0.15) is 38.3 Å². The molecular formula is C18H29N3O2. The fourth-order valence-electron chi connectivity index (χ4n) is 3.11. The van der Waals surface area contributed by atoms with Crippen molar-refractivity contribution >= 4 is 5.91 Å². The normalized spacial score (nSPS) is 18.9. The van der Waals surface area contributed by atoms with Gasteiger partial charge in [-0.15, -0.1) is 0 Å². The van der Waals surface area contributed by atoms with Gasteiger partial charge in [0.1, 0.15) is 0 Å². The van der Waals surface area contributed by atoms with E-state index in [1.807, 2.05) is 30.2 Å². The van der Waals surface area contributed by atoms with Crippen LogP contribution in [0.5, 0.6) is 0 Å². The molecule has 23 heavy (non-hydrogen) atoms. The van der Waals surface area contributed by atoms with Gasteiger partial charge in [0, 0.05) is 38.5 Å². The van der Waals surface area contributed by atoms with E-state index < -0.39 is 0 Å². The highest BCUT2D eigenvalue weighted by Gasteiger charge is 2.23. The number of aromatic nitrogens is 1. The molecule has 0 radical (unpaired) electrons. The largest absolute Gasteiger partial charge is 0.381 e. The van der Waals surface area contributed by atoms with Crippen LogP contribution in [0.4, 0.5) is 0 Å². The number of nitrogens with zero attached hydrogens (tertiary/aromatic N) is 3. The van der Waals surface area contributed by atoms with Gasteiger partial charge in [0.15, 0.2) is 0 Å². The first kappa shape index (κ1) is 17.9. The summed E-state index contributed by atoms with van der Waals surface area (Å²) in [6.45, 7) is 5.76.